The number of halogens is 1. The number of nitrogens with one attached hydrogen (secondary N) is 1. The summed E-state index contributed by atoms with van der Waals surface area (Å²) in [7, 11) is 0. The molecule has 0 aliphatic rings. The molecule has 5 heteroatoms. The molecule has 0 saturated carbocycles. The first-order chi connectivity index (χ1) is 10.9. The molecule has 0 unspecified atom stereocenters. The van der Waals surface area contributed by atoms with Crippen molar-refractivity contribution in [3.05, 3.63) is 58.6 Å². The molecule has 0 aliphatic carbocycles. The Morgan fingerprint density at radius 1 is 1.13 bits per heavy atom. The van der Waals surface area contributed by atoms with Crippen LogP contribution in [0.25, 0.3) is 0 Å². The van der Waals surface area contributed by atoms with E-state index in [0.29, 0.717) is 10.7 Å². The predicted octanol–water partition coefficient (Wildman–Crippen LogP) is 3.95. The Bertz CT molecular complexity index is 744. The lowest BCUT2D eigenvalue weighted by Gasteiger charge is -2.21. The van der Waals surface area contributed by atoms with Gasteiger partial charge in [0.05, 0.1) is 0 Å². The lowest BCUT2D eigenvalue weighted by molar-refractivity contribution is -0.120. The van der Waals surface area contributed by atoms with Crippen molar-refractivity contribution in [1.29, 1.82) is 0 Å². The molecular formula is C18H19ClN2O2. The highest BCUT2D eigenvalue weighted by atomic mass is 35.5. The minimum atomic E-state index is -0.256. The van der Waals surface area contributed by atoms with E-state index in [0.717, 1.165) is 16.8 Å². The second kappa shape index (κ2) is 7.29. The quantitative estimate of drug-likeness (QED) is 0.922. The van der Waals surface area contributed by atoms with Crippen LogP contribution in [0.2, 0.25) is 5.02 Å². The minimum absolute atomic E-state index is 0.0664. The van der Waals surface area contributed by atoms with Gasteiger partial charge in [-0.1, -0.05) is 29.8 Å². The number of hydrogen-bond donors (Lipinski definition) is 1. The number of carbonyl (C=O) groups is 2. The summed E-state index contributed by atoms with van der Waals surface area (Å²) in [5.41, 5.74) is 3.46. The molecule has 0 heterocycles. The van der Waals surface area contributed by atoms with Gasteiger partial charge in [-0.3, -0.25) is 9.59 Å². The first kappa shape index (κ1) is 17.0. The SMILES string of the molecule is CC(=O)N(CC(=O)Nc1cccc(C)c1C)c1cccc(Cl)c1. The van der Waals surface area contributed by atoms with Crippen LogP contribution in [0.3, 0.4) is 0 Å². The first-order valence-electron chi connectivity index (χ1n) is 7.28. The van der Waals surface area contributed by atoms with Gasteiger partial charge in [-0.25, -0.2) is 0 Å². The van der Waals surface area contributed by atoms with E-state index in [1.165, 1.54) is 11.8 Å². The fourth-order valence-corrected chi connectivity index (χ4v) is 2.43. The van der Waals surface area contributed by atoms with Crippen LogP contribution in [0.5, 0.6) is 0 Å². The van der Waals surface area contributed by atoms with Gasteiger partial charge in [0.25, 0.3) is 0 Å². The predicted molar refractivity (Wildman–Crippen MR) is 94.0 cm³/mol. The summed E-state index contributed by atoms with van der Waals surface area (Å²) in [6.07, 6.45) is 0. The van der Waals surface area contributed by atoms with E-state index in [9.17, 15) is 9.59 Å². The highest BCUT2D eigenvalue weighted by molar-refractivity contribution is 6.31. The molecule has 0 spiro atoms. The van der Waals surface area contributed by atoms with E-state index >= 15 is 0 Å². The lowest BCUT2D eigenvalue weighted by atomic mass is 10.1. The Labute approximate surface area is 141 Å². The largest absolute Gasteiger partial charge is 0.324 e. The molecule has 2 rings (SSSR count). The van der Waals surface area contributed by atoms with Crippen molar-refractivity contribution in [3.63, 3.8) is 0 Å². The molecule has 0 atom stereocenters. The summed E-state index contributed by atoms with van der Waals surface area (Å²) < 4.78 is 0. The number of benzene rings is 2. The molecule has 2 aromatic rings. The zero-order valence-corrected chi connectivity index (χ0v) is 14.1. The van der Waals surface area contributed by atoms with Crippen LogP contribution in [0.4, 0.5) is 11.4 Å². The molecule has 0 aliphatic heterocycles. The second-order valence-electron chi connectivity index (χ2n) is 5.38. The van der Waals surface area contributed by atoms with Crippen LogP contribution in [0.1, 0.15) is 18.1 Å². The van der Waals surface area contributed by atoms with Gasteiger partial charge in [0.15, 0.2) is 0 Å². The highest BCUT2D eigenvalue weighted by Gasteiger charge is 2.16. The van der Waals surface area contributed by atoms with Crippen LogP contribution in [0.15, 0.2) is 42.5 Å². The van der Waals surface area contributed by atoms with E-state index in [4.69, 9.17) is 11.6 Å². The molecule has 23 heavy (non-hydrogen) atoms. The molecule has 0 bridgehead atoms. The van der Waals surface area contributed by atoms with Crippen LogP contribution < -0.4 is 10.2 Å². The summed E-state index contributed by atoms with van der Waals surface area (Å²) in [6.45, 7) is 5.29. The average molecular weight is 331 g/mol. The van der Waals surface area contributed by atoms with Crippen molar-refractivity contribution in [3.8, 4) is 0 Å². The van der Waals surface area contributed by atoms with E-state index in [-0.39, 0.29) is 18.4 Å². The normalized spacial score (nSPS) is 10.3. The van der Waals surface area contributed by atoms with Gasteiger partial charge in [0.2, 0.25) is 11.8 Å². The number of carbonyl (C=O) groups excluding carboxylic acids is 2. The van der Waals surface area contributed by atoms with Gasteiger partial charge in [0, 0.05) is 23.3 Å². The maximum absolute atomic E-state index is 12.3. The Kier molecular flexibility index (Phi) is 5.40. The third-order valence-electron chi connectivity index (χ3n) is 3.68. The van der Waals surface area contributed by atoms with Gasteiger partial charge in [-0.2, -0.15) is 0 Å². The number of rotatable bonds is 4. The van der Waals surface area contributed by atoms with Crippen LogP contribution in [-0.4, -0.2) is 18.4 Å². The molecule has 4 nitrogen and oxygen atoms in total. The van der Waals surface area contributed by atoms with Gasteiger partial charge >= 0.3 is 0 Å². The highest BCUT2D eigenvalue weighted by Crippen LogP contribution is 2.21. The minimum Gasteiger partial charge on any atom is -0.324 e. The number of amides is 2. The summed E-state index contributed by atoms with van der Waals surface area (Å²) >= 11 is 5.96. The van der Waals surface area contributed by atoms with Gasteiger partial charge in [0.1, 0.15) is 6.54 Å². The van der Waals surface area contributed by atoms with Gasteiger partial charge < -0.3 is 10.2 Å². The van der Waals surface area contributed by atoms with Crippen LogP contribution >= 0.6 is 11.6 Å². The Morgan fingerprint density at radius 3 is 2.48 bits per heavy atom. The molecule has 0 aromatic heterocycles. The van der Waals surface area contributed by atoms with Gasteiger partial charge in [-0.15, -0.1) is 0 Å². The number of nitrogens with zero attached hydrogens (tertiary/aromatic N) is 1. The smallest absolute Gasteiger partial charge is 0.244 e. The summed E-state index contributed by atoms with van der Waals surface area (Å²) in [4.78, 5) is 25.6. The van der Waals surface area contributed by atoms with Crippen molar-refractivity contribution >= 4 is 34.8 Å². The fraction of sp³-hybridized carbons (Fsp3) is 0.222. The third-order valence-corrected chi connectivity index (χ3v) is 3.92. The summed E-state index contributed by atoms with van der Waals surface area (Å²) in [5, 5.41) is 3.37. The molecular weight excluding hydrogens is 312 g/mol. The monoisotopic (exact) mass is 330 g/mol. The van der Waals surface area contributed by atoms with Gasteiger partial charge in [-0.05, 0) is 49.2 Å². The maximum atomic E-state index is 12.3. The maximum Gasteiger partial charge on any atom is 0.244 e. The van der Waals surface area contributed by atoms with Crippen molar-refractivity contribution in [1.82, 2.24) is 0 Å². The Balaban J connectivity index is 2.16. The van der Waals surface area contributed by atoms with Crippen molar-refractivity contribution in [2.45, 2.75) is 20.8 Å². The zero-order chi connectivity index (χ0) is 17.0. The van der Waals surface area contributed by atoms with E-state index < -0.39 is 0 Å². The summed E-state index contributed by atoms with van der Waals surface area (Å²) in [5.74, 6) is -0.475. The van der Waals surface area contributed by atoms with Crippen molar-refractivity contribution in [2.75, 3.05) is 16.8 Å². The van der Waals surface area contributed by atoms with E-state index in [1.54, 1.807) is 24.3 Å². The Morgan fingerprint density at radius 2 is 1.83 bits per heavy atom. The number of anilines is 2. The van der Waals surface area contributed by atoms with Crippen LogP contribution in [-0.2, 0) is 9.59 Å². The van der Waals surface area contributed by atoms with Crippen molar-refractivity contribution in [2.24, 2.45) is 0 Å². The molecule has 0 saturated heterocycles. The summed E-state index contributed by atoms with van der Waals surface area (Å²) in [6, 6.07) is 12.6. The number of hydrogen-bond acceptors (Lipinski definition) is 2. The molecule has 0 fully saturated rings. The molecule has 120 valence electrons. The fourth-order valence-electron chi connectivity index (χ4n) is 2.25. The molecule has 2 amide bonds. The van der Waals surface area contributed by atoms with E-state index in [2.05, 4.69) is 5.32 Å². The zero-order valence-electron chi connectivity index (χ0n) is 13.4. The molecule has 0 radical (unpaired) electrons. The average Bonchev–Trinajstić information content (AvgIpc) is 2.49. The molecule has 2 aromatic carbocycles. The van der Waals surface area contributed by atoms with E-state index in [1.807, 2.05) is 32.0 Å². The standard InChI is InChI=1S/C18H19ClN2O2/c1-12-6-4-9-17(13(12)2)20-18(23)11-21(14(3)22)16-8-5-7-15(19)10-16/h4-10H,11H2,1-3H3,(H,20,23). The third kappa shape index (κ3) is 4.33. The number of aryl methyl sites for hydroxylation is 1. The Hall–Kier alpha value is -2.33. The lowest BCUT2D eigenvalue weighted by Crippen LogP contribution is -2.36. The first-order valence-corrected chi connectivity index (χ1v) is 7.66. The van der Waals surface area contributed by atoms with Crippen molar-refractivity contribution < 1.29 is 9.59 Å². The molecule has 1 N–H and O–H groups in total. The van der Waals surface area contributed by atoms with Crippen LogP contribution in [0, 0.1) is 13.8 Å². The second-order valence-corrected chi connectivity index (χ2v) is 5.82. The topological polar surface area (TPSA) is 49.4 Å².